The average molecular weight is 319 g/mol. The maximum absolute atomic E-state index is 3.73. The summed E-state index contributed by atoms with van der Waals surface area (Å²) in [5.41, 5.74) is 7.13. The van der Waals surface area contributed by atoms with Gasteiger partial charge in [0.05, 0.1) is 11.7 Å². The third-order valence-corrected chi connectivity index (χ3v) is 5.37. The predicted octanol–water partition coefficient (Wildman–Crippen LogP) is 4.05. The van der Waals surface area contributed by atoms with Crippen molar-refractivity contribution in [2.75, 3.05) is 0 Å². The summed E-state index contributed by atoms with van der Waals surface area (Å²) in [5.74, 6) is 0. The van der Waals surface area contributed by atoms with Crippen LogP contribution in [0.25, 0.3) is 10.9 Å². The van der Waals surface area contributed by atoms with Gasteiger partial charge >= 0.3 is 0 Å². The summed E-state index contributed by atoms with van der Waals surface area (Å²) in [6.07, 6.45) is 4.92. The Labute approximate surface area is 144 Å². The standard InChI is InChI=1S/C22H26N2/c1-15-11-12-20-19(13-15)18-9-6-10-21(22(18)24-20)23-16(2)14-17-7-4-3-5-8-17/h3-5,7-8,11-13,16,21,23-24H,6,9-10,14H2,1-2H3/p+1/t16-,21-/m1/s1. The van der Waals surface area contributed by atoms with Crippen LogP contribution < -0.4 is 5.32 Å². The Bertz CT molecular complexity index is 832. The zero-order valence-corrected chi connectivity index (χ0v) is 14.7. The zero-order valence-electron chi connectivity index (χ0n) is 14.7. The molecule has 24 heavy (non-hydrogen) atoms. The topological polar surface area (TPSA) is 32.4 Å². The van der Waals surface area contributed by atoms with E-state index in [9.17, 15) is 0 Å². The molecule has 0 fully saturated rings. The molecular weight excluding hydrogens is 292 g/mol. The summed E-state index contributed by atoms with van der Waals surface area (Å²) in [6, 6.07) is 18.8. The molecule has 2 heteroatoms. The van der Waals surface area contributed by atoms with Crippen molar-refractivity contribution in [3.63, 3.8) is 0 Å². The van der Waals surface area contributed by atoms with Crippen molar-refractivity contribution in [1.29, 1.82) is 0 Å². The van der Waals surface area contributed by atoms with Crippen LogP contribution in [0.1, 0.15) is 48.2 Å². The molecule has 2 atom stereocenters. The molecule has 3 N–H and O–H groups in total. The molecule has 0 aliphatic heterocycles. The lowest BCUT2D eigenvalue weighted by atomic mass is 9.90. The largest absolute Gasteiger partial charge is 0.353 e. The Morgan fingerprint density at radius 2 is 2.00 bits per heavy atom. The fourth-order valence-corrected chi connectivity index (χ4v) is 4.25. The van der Waals surface area contributed by atoms with Crippen molar-refractivity contribution in [2.24, 2.45) is 0 Å². The van der Waals surface area contributed by atoms with Crippen LogP contribution in [-0.4, -0.2) is 11.0 Å². The Balaban J connectivity index is 1.56. The second-order valence-corrected chi connectivity index (χ2v) is 7.42. The van der Waals surface area contributed by atoms with E-state index in [1.165, 1.54) is 47.0 Å². The van der Waals surface area contributed by atoms with Crippen LogP contribution in [0.4, 0.5) is 0 Å². The van der Waals surface area contributed by atoms with Gasteiger partial charge in [-0.3, -0.25) is 0 Å². The van der Waals surface area contributed by atoms with E-state index in [4.69, 9.17) is 0 Å². The van der Waals surface area contributed by atoms with Crippen LogP contribution in [0.15, 0.2) is 48.5 Å². The molecule has 3 aromatic rings. The second-order valence-electron chi connectivity index (χ2n) is 7.42. The van der Waals surface area contributed by atoms with E-state index in [2.05, 4.69) is 72.7 Å². The first kappa shape index (κ1) is 15.5. The molecule has 2 aromatic carbocycles. The Hall–Kier alpha value is -2.06. The molecule has 1 aliphatic rings. The van der Waals surface area contributed by atoms with Gasteiger partial charge in [0.15, 0.2) is 0 Å². The summed E-state index contributed by atoms with van der Waals surface area (Å²) < 4.78 is 0. The quantitative estimate of drug-likeness (QED) is 0.727. The number of rotatable bonds is 4. The predicted molar refractivity (Wildman–Crippen MR) is 100 cm³/mol. The van der Waals surface area contributed by atoms with Gasteiger partial charge in [-0.05, 0) is 49.9 Å². The highest BCUT2D eigenvalue weighted by molar-refractivity contribution is 5.85. The third kappa shape index (κ3) is 2.99. The van der Waals surface area contributed by atoms with Gasteiger partial charge in [0.25, 0.3) is 0 Å². The Morgan fingerprint density at radius 1 is 1.17 bits per heavy atom. The molecule has 0 amide bonds. The fourth-order valence-electron chi connectivity index (χ4n) is 4.25. The Kier molecular flexibility index (Phi) is 4.15. The average Bonchev–Trinajstić information content (AvgIpc) is 2.95. The van der Waals surface area contributed by atoms with Crippen LogP contribution in [0, 0.1) is 6.92 Å². The third-order valence-electron chi connectivity index (χ3n) is 5.37. The summed E-state index contributed by atoms with van der Waals surface area (Å²) in [7, 11) is 0. The summed E-state index contributed by atoms with van der Waals surface area (Å²) in [5, 5.41) is 4.02. The van der Waals surface area contributed by atoms with E-state index in [1.807, 2.05) is 0 Å². The molecule has 1 heterocycles. The highest BCUT2D eigenvalue weighted by Crippen LogP contribution is 2.33. The first-order chi connectivity index (χ1) is 11.7. The molecule has 124 valence electrons. The second kappa shape index (κ2) is 6.45. The van der Waals surface area contributed by atoms with Crippen molar-refractivity contribution in [1.82, 2.24) is 4.98 Å². The molecule has 1 aliphatic carbocycles. The van der Waals surface area contributed by atoms with Crippen LogP contribution >= 0.6 is 0 Å². The van der Waals surface area contributed by atoms with E-state index in [0.29, 0.717) is 12.1 Å². The number of hydrogen-bond acceptors (Lipinski definition) is 0. The van der Waals surface area contributed by atoms with Crippen molar-refractivity contribution < 1.29 is 5.32 Å². The maximum Gasteiger partial charge on any atom is 0.127 e. The molecule has 0 spiro atoms. The van der Waals surface area contributed by atoms with Gasteiger partial charge in [-0.25, -0.2) is 0 Å². The number of fused-ring (bicyclic) bond motifs is 3. The molecule has 1 aromatic heterocycles. The summed E-state index contributed by atoms with van der Waals surface area (Å²) in [4.78, 5) is 3.73. The number of benzene rings is 2. The fraction of sp³-hybridized carbons (Fsp3) is 0.364. The minimum atomic E-state index is 0.570. The number of quaternary nitrogens is 1. The lowest BCUT2D eigenvalue weighted by molar-refractivity contribution is -0.726. The number of nitrogens with two attached hydrogens (primary N) is 1. The van der Waals surface area contributed by atoms with Crippen molar-refractivity contribution >= 4 is 10.9 Å². The molecule has 4 rings (SSSR count). The van der Waals surface area contributed by atoms with E-state index in [0.717, 1.165) is 6.42 Å². The number of aromatic amines is 1. The number of nitrogens with one attached hydrogen (secondary N) is 1. The summed E-state index contributed by atoms with van der Waals surface area (Å²) >= 11 is 0. The minimum Gasteiger partial charge on any atom is -0.353 e. The molecule has 2 nitrogen and oxygen atoms in total. The van der Waals surface area contributed by atoms with E-state index in [-0.39, 0.29) is 0 Å². The lowest BCUT2D eigenvalue weighted by Crippen LogP contribution is -2.90. The SMILES string of the molecule is Cc1ccc2[nH]c3c(c2c1)CCC[C@H]3[NH2+][C@H](C)Cc1ccccc1. The van der Waals surface area contributed by atoms with E-state index in [1.54, 1.807) is 5.56 Å². The Morgan fingerprint density at radius 3 is 2.83 bits per heavy atom. The zero-order chi connectivity index (χ0) is 16.5. The minimum absolute atomic E-state index is 0.570. The molecule has 0 saturated heterocycles. The molecule has 0 unspecified atom stereocenters. The van der Waals surface area contributed by atoms with Crippen LogP contribution in [0.5, 0.6) is 0 Å². The molecule has 0 saturated carbocycles. The maximum atomic E-state index is 3.73. The molecule has 0 bridgehead atoms. The van der Waals surface area contributed by atoms with E-state index >= 15 is 0 Å². The van der Waals surface area contributed by atoms with Crippen LogP contribution in [0.3, 0.4) is 0 Å². The lowest BCUT2D eigenvalue weighted by Gasteiger charge is -2.24. The highest BCUT2D eigenvalue weighted by atomic mass is 15.0. The van der Waals surface area contributed by atoms with Crippen molar-refractivity contribution in [3.05, 3.63) is 70.9 Å². The number of aryl methyl sites for hydroxylation is 2. The summed E-state index contributed by atoms with van der Waals surface area (Å²) in [6.45, 7) is 4.54. The van der Waals surface area contributed by atoms with Gasteiger partial charge in [-0.15, -0.1) is 0 Å². The monoisotopic (exact) mass is 319 g/mol. The number of H-pyrrole nitrogens is 1. The van der Waals surface area contributed by atoms with Gasteiger partial charge in [0.1, 0.15) is 6.04 Å². The van der Waals surface area contributed by atoms with Gasteiger partial charge in [0.2, 0.25) is 0 Å². The molecule has 0 radical (unpaired) electrons. The van der Waals surface area contributed by atoms with Gasteiger partial charge in [0, 0.05) is 23.7 Å². The first-order valence-corrected chi connectivity index (χ1v) is 9.21. The smallest absolute Gasteiger partial charge is 0.127 e. The normalized spacial score (nSPS) is 18.5. The van der Waals surface area contributed by atoms with Gasteiger partial charge < -0.3 is 10.3 Å². The first-order valence-electron chi connectivity index (χ1n) is 9.21. The number of hydrogen-bond donors (Lipinski definition) is 2. The van der Waals surface area contributed by atoms with Crippen LogP contribution in [0.2, 0.25) is 0 Å². The molecular formula is C22H27N2+. The van der Waals surface area contributed by atoms with Crippen molar-refractivity contribution in [3.8, 4) is 0 Å². The van der Waals surface area contributed by atoms with Crippen LogP contribution in [-0.2, 0) is 12.8 Å². The van der Waals surface area contributed by atoms with Crippen molar-refractivity contribution in [2.45, 2.75) is 51.6 Å². The van der Waals surface area contributed by atoms with Gasteiger partial charge in [-0.1, -0.05) is 42.0 Å². The van der Waals surface area contributed by atoms with E-state index < -0.39 is 0 Å². The number of aromatic nitrogens is 1. The van der Waals surface area contributed by atoms with Gasteiger partial charge in [-0.2, -0.15) is 0 Å². The highest BCUT2D eigenvalue weighted by Gasteiger charge is 2.28.